The molecule has 0 spiro atoms. The summed E-state index contributed by atoms with van der Waals surface area (Å²) in [5.74, 6) is 7.35. The van der Waals surface area contributed by atoms with Gasteiger partial charge in [-0.15, -0.1) is 0 Å². The highest BCUT2D eigenvalue weighted by Gasteiger charge is 2.20. The van der Waals surface area contributed by atoms with E-state index in [0.29, 0.717) is 12.5 Å². The van der Waals surface area contributed by atoms with Crippen molar-refractivity contribution in [1.29, 1.82) is 0 Å². The molecule has 0 aliphatic heterocycles. The van der Waals surface area contributed by atoms with Crippen LogP contribution in [0, 0.1) is 20.8 Å². The SMILES string of the molecule is CCC(CC)c1cc(-c2c(C)cc(C)cc2C)nc(N(C)N)c1CN. The first-order chi connectivity index (χ1) is 11.8. The van der Waals surface area contributed by atoms with E-state index in [1.807, 2.05) is 7.05 Å². The lowest BCUT2D eigenvalue weighted by Crippen LogP contribution is -2.29. The van der Waals surface area contributed by atoms with Gasteiger partial charge in [0.1, 0.15) is 5.82 Å². The maximum atomic E-state index is 6.10. The second-order valence-electron chi connectivity index (χ2n) is 7.00. The predicted molar refractivity (Wildman–Crippen MR) is 108 cm³/mol. The Hall–Kier alpha value is -1.91. The standard InChI is InChI=1S/C21H32N4/c1-7-16(8-2)17-11-19(24-21(25(6)23)18(17)12-22)20-14(4)9-13(3)10-15(20)5/h9-11,16H,7-8,12,22-23H2,1-6H3. The van der Waals surface area contributed by atoms with Crippen molar-refractivity contribution in [2.45, 2.75) is 59.9 Å². The van der Waals surface area contributed by atoms with Gasteiger partial charge in [0.15, 0.2) is 0 Å². The minimum Gasteiger partial charge on any atom is -0.326 e. The van der Waals surface area contributed by atoms with Crippen molar-refractivity contribution in [3.8, 4) is 11.3 Å². The van der Waals surface area contributed by atoms with E-state index in [2.05, 4.69) is 52.8 Å². The molecule has 0 radical (unpaired) electrons. The zero-order valence-electron chi connectivity index (χ0n) is 16.5. The van der Waals surface area contributed by atoms with Crippen molar-refractivity contribution in [1.82, 2.24) is 4.98 Å². The summed E-state index contributed by atoms with van der Waals surface area (Å²) in [6.07, 6.45) is 2.15. The largest absolute Gasteiger partial charge is 0.326 e. The zero-order chi connectivity index (χ0) is 18.7. The Bertz CT molecular complexity index is 723. The molecule has 2 rings (SSSR count). The van der Waals surface area contributed by atoms with Crippen LogP contribution < -0.4 is 16.6 Å². The van der Waals surface area contributed by atoms with Crippen LogP contribution in [0.4, 0.5) is 5.82 Å². The van der Waals surface area contributed by atoms with Crippen LogP contribution in [0.3, 0.4) is 0 Å². The first kappa shape index (κ1) is 19.4. The fourth-order valence-corrected chi connectivity index (χ4v) is 3.88. The monoisotopic (exact) mass is 340 g/mol. The van der Waals surface area contributed by atoms with Gasteiger partial charge in [-0.05, 0) is 62.3 Å². The van der Waals surface area contributed by atoms with Crippen LogP contribution in [0.15, 0.2) is 18.2 Å². The van der Waals surface area contributed by atoms with E-state index in [4.69, 9.17) is 16.6 Å². The van der Waals surface area contributed by atoms with Gasteiger partial charge < -0.3 is 5.73 Å². The number of rotatable bonds is 6. The Balaban J connectivity index is 2.80. The van der Waals surface area contributed by atoms with Crippen LogP contribution in [0.1, 0.15) is 60.4 Å². The van der Waals surface area contributed by atoms with E-state index >= 15 is 0 Å². The first-order valence-electron chi connectivity index (χ1n) is 9.14. The molecule has 1 aromatic heterocycles. The number of nitrogens with zero attached hydrogens (tertiary/aromatic N) is 2. The van der Waals surface area contributed by atoms with Crippen LogP contribution in [-0.4, -0.2) is 12.0 Å². The van der Waals surface area contributed by atoms with E-state index < -0.39 is 0 Å². The fourth-order valence-electron chi connectivity index (χ4n) is 3.88. The number of benzene rings is 1. The van der Waals surface area contributed by atoms with Gasteiger partial charge in [-0.1, -0.05) is 31.5 Å². The van der Waals surface area contributed by atoms with Crippen molar-refractivity contribution in [2.75, 3.05) is 12.1 Å². The predicted octanol–water partition coefficient (Wildman–Crippen LogP) is 4.35. The second kappa shape index (κ2) is 7.98. The molecule has 0 fully saturated rings. The molecule has 0 atom stereocenters. The molecule has 0 aliphatic carbocycles. The smallest absolute Gasteiger partial charge is 0.147 e. The summed E-state index contributed by atoms with van der Waals surface area (Å²) in [6, 6.07) is 6.66. The molecule has 1 heterocycles. The van der Waals surface area contributed by atoms with Gasteiger partial charge >= 0.3 is 0 Å². The van der Waals surface area contributed by atoms with Crippen molar-refractivity contribution in [3.63, 3.8) is 0 Å². The van der Waals surface area contributed by atoms with Crippen LogP contribution in [0.2, 0.25) is 0 Å². The maximum Gasteiger partial charge on any atom is 0.147 e. The number of nitrogens with two attached hydrogens (primary N) is 2. The minimum atomic E-state index is 0.446. The van der Waals surface area contributed by atoms with Gasteiger partial charge in [-0.25, -0.2) is 10.8 Å². The van der Waals surface area contributed by atoms with Crippen molar-refractivity contribution in [2.24, 2.45) is 11.6 Å². The molecule has 0 saturated carbocycles. The molecule has 4 nitrogen and oxygen atoms in total. The number of aromatic nitrogens is 1. The molecular formula is C21H32N4. The van der Waals surface area contributed by atoms with Gasteiger partial charge in [0.2, 0.25) is 0 Å². The van der Waals surface area contributed by atoms with Crippen LogP contribution in [0.25, 0.3) is 11.3 Å². The molecular weight excluding hydrogens is 308 g/mol. The van der Waals surface area contributed by atoms with Gasteiger partial charge in [0.05, 0.1) is 5.69 Å². The summed E-state index contributed by atoms with van der Waals surface area (Å²) in [7, 11) is 1.83. The number of hydrazine groups is 1. The van der Waals surface area contributed by atoms with Gasteiger partial charge in [-0.2, -0.15) is 0 Å². The van der Waals surface area contributed by atoms with E-state index in [0.717, 1.165) is 29.9 Å². The lowest BCUT2D eigenvalue weighted by atomic mass is 9.88. The third-order valence-electron chi connectivity index (χ3n) is 5.03. The fraction of sp³-hybridized carbons (Fsp3) is 0.476. The van der Waals surface area contributed by atoms with E-state index in [1.165, 1.54) is 27.8 Å². The van der Waals surface area contributed by atoms with Crippen LogP contribution in [-0.2, 0) is 6.54 Å². The summed E-state index contributed by atoms with van der Waals surface area (Å²) < 4.78 is 0. The average Bonchev–Trinajstić information content (AvgIpc) is 2.54. The molecule has 0 saturated heterocycles. The summed E-state index contributed by atoms with van der Waals surface area (Å²) in [4.78, 5) is 4.90. The molecule has 0 amide bonds. The molecule has 2 aromatic rings. The molecule has 4 N–H and O–H groups in total. The van der Waals surface area contributed by atoms with Crippen molar-refractivity contribution >= 4 is 5.82 Å². The molecule has 0 unspecified atom stereocenters. The molecule has 25 heavy (non-hydrogen) atoms. The topological polar surface area (TPSA) is 68.2 Å². The van der Waals surface area contributed by atoms with Gasteiger partial charge in [-0.3, -0.25) is 5.01 Å². The third kappa shape index (κ3) is 3.86. The highest BCUT2D eigenvalue weighted by Crippen LogP contribution is 2.36. The Morgan fingerprint density at radius 2 is 1.60 bits per heavy atom. The Morgan fingerprint density at radius 3 is 2.04 bits per heavy atom. The van der Waals surface area contributed by atoms with Gasteiger partial charge in [0, 0.05) is 24.7 Å². The number of anilines is 1. The summed E-state index contributed by atoms with van der Waals surface area (Å²) >= 11 is 0. The average molecular weight is 341 g/mol. The lowest BCUT2D eigenvalue weighted by molar-refractivity contribution is 0.633. The maximum absolute atomic E-state index is 6.10. The number of pyridine rings is 1. The third-order valence-corrected chi connectivity index (χ3v) is 5.03. The lowest BCUT2D eigenvalue weighted by Gasteiger charge is -2.24. The van der Waals surface area contributed by atoms with Crippen molar-refractivity contribution in [3.05, 3.63) is 46.0 Å². The first-order valence-corrected chi connectivity index (χ1v) is 9.14. The Kier molecular flexibility index (Phi) is 6.20. The molecule has 136 valence electrons. The van der Waals surface area contributed by atoms with Gasteiger partial charge in [0.25, 0.3) is 0 Å². The zero-order valence-corrected chi connectivity index (χ0v) is 16.5. The number of hydrogen-bond acceptors (Lipinski definition) is 4. The molecule has 4 heteroatoms. The normalized spacial score (nSPS) is 11.2. The highest BCUT2D eigenvalue weighted by molar-refractivity contribution is 5.71. The molecule has 0 bridgehead atoms. The van der Waals surface area contributed by atoms with Crippen LogP contribution >= 0.6 is 0 Å². The van der Waals surface area contributed by atoms with Crippen molar-refractivity contribution < 1.29 is 0 Å². The van der Waals surface area contributed by atoms with E-state index in [-0.39, 0.29) is 0 Å². The molecule has 0 aliphatic rings. The Labute approximate surface area is 152 Å². The number of hydrogen-bond donors (Lipinski definition) is 2. The van der Waals surface area contributed by atoms with E-state index in [9.17, 15) is 0 Å². The number of aryl methyl sites for hydroxylation is 3. The summed E-state index contributed by atoms with van der Waals surface area (Å²) in [5.41, 5.74) is 14.4. The quantitative estimate of drug-likeness (QED) is 0.606. The highest BCUT2D eigenvalue weighted by atomic mass is 15.4. The van der Waals surface area contributed by atoms with Crippen LogP contribution in [0.5, 0.6) is 0 Å². The molecule has 1 aromatic carbocycles. The Morgan fingerprint density at radius 1 is 1.04 bits per heavy atom. The minimum absolute atomic E-state index is 0.446. The summed E-state index contributed by atoms with van der Waals surface area (Å²) in [6.45, 7) is 11.3. The summed E-state index contributed by atoms with van der Waals surface area (Å²) in [5, 5.41) is 1.59. The second-order valence-corrected chi connectivity index (χ2v) is 7.00. The van der Waals surface area contributed by atoms with E-state index in [1.54, 1.807) is 5.01 Å².